The van der Waals surface area contributed by atoms with E-state index in [0.717, 1.165) is 18.8 Å². The molecule has 1 fully saturated rings. The van der Waals surface area contributed by atoms with Gasteiger partial charge in [-0.3, -0.25) is 4.90 Å². The van der Waals surface area contributed by atoms with Gasteiger partial charge in [0.25, 0.3) is 0 Å². The van der Waals surface area contributed by atoms with Crippen LogP contribution >= 0.6 is 0 Å². The van der Waals surface area contributed by atoms with Gasteiger partial charge in [-0.15, -0.1) is 0 Å². The minimum atomic E-state index is 0.113. The van der Waals surface area contributed by atoms with E-state index in [4.69, 9.17) is 4.42 Å². The van der Waals surface area contributed by atoms with Crippen LogP contribution in [0.1, 0.15) is 44.9 Å². The van der Waals surface area contributed by atoms with Crippen LogP contribution in [0.3, 0.4) is 0 Å². The molecule has 1 aromatic rings. The Hall–Kier alpha value is -0.840. The molecule has 2 heterocycles. The van der Waals surface area contributed by atoms with Gasteiger partial charge in [-0.1, -0.05) is 0 Å². The summed E-state index contributed by atoms with van der Waals surface area (Å²) in [5, 5.41) is 3.50. The van der Waals surface area contributed by atoms with Gasteiger partial charge >= 0.3 is 0 Å². The summed E-state index contributed by atoms with van der Waals surface area (Å²) in [5.74, 6) is 1.07. The highest BCUT2D eigenvalue weighted by Crippen LogP contribution is 2.19. The lowest BCUT2D eigenvalue weighted by Gasteiger charge is -2.35. The topological polar surface area (TPSA) is 31.6 Å². The molecule has 1 atom stereocenters. The molecule has 0 saturated carbocycles. The van der Waals surface area contributed by atoms with Crippen LogP contribution in [0.15, 0.2) is 16.7 Å². The van der Waals surface area contributed by atoms with Crippen LogP contribution < -0.4 is 5.32 Å². The molecule has 0 spiro atoms. The standard InChI is InChI=1S/C17H31N3O/c1-17(2,3)18-11-16-14(8-10-21-16)12-20(5)15-7-6-9-19(4)13-15/h8,10,15,18H,6-7,9,11-13H2,1-5H3. The minimum absolute atomic E-state index is 0.113. The third-order valence-electron chi connectivity index (χ3n) is 4.26. The van der Waals surface area contributed by atoms with Crippen LogP contribution in [0.25, 0.3) is 0 Å². The fraction of sp³-hybridized carbons (Fsp3) is 0.765. The molecule has 1 saturated heterocycles. The zero-order valence-electron chi connectivity index (χ0n) is 14.3. The smallest absolute Gasteiger partial charge is 0.122 e. The van der Waals surface area contributed by atoms with Gasteiger partial charge in [-0.05, 0) is 60.3 Å². The molecule has 4 nitrogen and oxygen atoms in total. The average molecular weight is 293 g/mol. The van der Waals surface area contributed by atoms with Gasteiger partial charge in [-0.25, -0.2) is 0 Å². The first-order valence-electron chi connectivity index (χ1n) is 8.04. The number of likely N-dealkylation sites (tertiary alicyclic amines) is 1. The van der Waals surface area contributed by atoms with Crippen LogP contribution in [0.4, 0.5) is 0 Å². The Kier molecular flexibility index (Phi) is 5.47. The number of furan rings is 1. The maximum Gasteiger partial charge on any atom is 0.122 e. The number of likely N-dealkylation sites (N-methyl/N-ethyl adjacent to an activating group) is 2. The van der Waals surface area contributed by atoms with Crippen molar-refractivity contribution < 1.29 is 4.42 Å². The van der Waals surface area contributed by atoms with E-state index in [9.17, 15) is 0 Å². The number of piperidine rings is 1. The summed E-state index contributed by atoms with van der Waals surface area (Å²) in [7, 11) is 4.45. The van der Waals surface area contributed by atoms with E-state index in [-0.39, 0.29) is 5.54 Å². The van der Waals surface area contributed by atoms with Crippen LogP contribution in [0.5, 0.6) is 0 Å². The van der Waals surface area contributed by atoms with Crippen LogP contribution in [0, 0.1) is 0 Å². The van der Waals surface area contributed by atoms with Gasteiger partial charge in [0.05, 0.1) is 12.8 Å². The van der Waals surface area contributed by atoms with E-state index in [1.807, 2.05) is 6.26 Å². The van der Waals surface area contributed by atoms with Crippen molar-refractivity contribution >= 4 is 0 Å². The summed E-state index contributed by atoms with van der Waals surface area (Å²) in [6.45, 7) is 10.7. The fourth-order valence-corrected chi connectivity index (χ4v) is 2.91. The summed E-state index contributed by atoms with van der Waals surface area (Å²) in [6, 6.07) is 2.77. The van der Waals surface area contributed by atoms with Gasteiger partial charge in [0.2, 0.25) is 0 Å². The van der Waals surface area contributed by atoms with E-state index in [0.29, 0.717) is 6.04 Å². The third kappa shape index (κ3) is 5.13. The Labute approximate surface area is 129 Å². The van der Waals surface area contributed by atoms with Gasteiger partial charge in [0.15, 0.2) is 0 Å². The number of hydrogen-bond acceptors (Lipinski definition) is 4. The zero-order chi connectivity index (χ0) is 15.5. The van der Waals surface area contributed by atoms with Crippen LogP contribution in [0.2, 0.25) is 0 Å². The van der Waals surface area contributed by atoms with Crippen molar-refractivity contribution in [1.82, 2.24) is 15.1 Å². The molecular weight excluding hydrogens is 262 g/mol. The second-order valence-corrected chi connectivity index (χ2v) is 7.45. The Balaban J connectivity index is 1.92. The zero-order valence-corrected chi connectivity index (χ0v) is 14.3. The van der Waals surface area contributed by atoms with Crippen molar-refractivity contribution in [3.05, 3.63) is 23.7 Å². The van der Waals surface area contributed by atoms with Crippen molar-refractivity contribution in [3.63, 3.8) is 0 Å². The van der Waals surface area contributed by atoms with Crippen molar-refractivity contribution in [2.75, 3.05) is 27.2 Å². The molecule has 2 rings (SSSR count). The largest absolute Gasteiger partial charge is 0.468 e. The summed E-state index contributed by atoms with van der Waals surface area (Å²) >= 11 is 0. The van der Waals surface area contributed by atoms with Crippen molar-refractivity contribution in [1.29, 1.82) is 0 Å². The van der Waals surface area contributed by atoms with E-state index in [2.05, 4.69) is 56.0 Å². The first kappa shape index (κ1) is 16.5. The molecule has 0 radical (unpaired) electrons. The van der Waals surface area contributed by atoms with E-state index in [1.54, 1.807) is 0 Å². The molecule has 4 heteroatoms. The molecule has 0 aliphatic carbocycles. The third-order valence-corrected chi connectivity index (χ3v) is 4.26. The summed E-state index contributed by atoms with van der Waals surface area (Å²) < 4.78 is 5.67. The summed E-state index contributed by atoms with van der Waals surface area (Å²) in [4.78, 5) is 4.91. The lowest BCUT2D eigenvalue weighted by molar-refractivity contribution is 0.129. The molecule has 1 aromatic heterocycles. The molecule has 0 amide bonds. The number of rotatable bonds is 5. The van der Waals surface area contributed by atoms with E-state index >= 15 is 0 Å². The van der Waals surface area contributed by atoms with E-state index in [1.165, 1.54) is 31.5 Å². The maximum absolute atomic E-state index is 5.67. The first-order chi connectivity index (χ1) is 9.85. The number of nitrogens with one attached hydrogen (secondary N) is 1. The Morgan fingerprint density at radius 3 is 2.86 bits per heavy atom. The van der Waals surface area contributed by atoms with Gasteiger partial charge in [0, 0.05) is 30.2 Å². The van der Waals surface area contributed by atoms with Gasteiger partial charge in [0.1, 0.15) is 5.76 Å². The molecule has 1 aliphatic rings. The molecule has 0 bridgehead atoms. The normalized spacial score (nSPS) is 21.1. The van der Waals surface area contributed by atoms with Crippen molar-refractivity contribution in [2.45, 2.75) is 58.3 Å². The highest BCUT2D eigenvalue weighted by atomic mass is 16.3. The summed E-state index contributed by atoms with van der Waals surface area (Å²) in [5.41, 5.74) is 1.42. The van der Waals surface area contributed by atoms with Gasteiger partial charge in [-0.2, -0.15) is 0 Å². The lowest BCUT2D eigenvalue weighted by atomic mass is 10.0. The predicted octanol–water partition coefficient (Wildman–Crippen LogP) is 2.69. The minimum Gasteiger partial charge on any atom is -0.468 e. The Bertz CT molecular complexity index is 435. The van der Waals surface area contributed by atoms with Crippen molar-refractivity contribution in [2.24, 2.45) is 0 Å². The second-order valence-electron chi connectivity index (χ2n) is 7.45. The second kappa shape index (κ2) is 6.95. The Morgan fingerprint density at radius 2 is 2.19 bits per heavy atom. The number of nitrogens with zero attached hydrogens (tertiary/aromatic N) is 2. The molecule has 1 aliphatic heterocycles. The highest BCUT2D eigenvalue weighted by molar-refractivity contribution is 5.17. The quantitative estimate of drug-likeness (QED) is 0.904. The van der Waals surface area contributed by atoms with Crippen LogP contribution in [-0.2, 0) is 13.1 Å². The van der Waals surface area contributed by atoms with Crippen LogP contribution in [-0.4, -0.2) is 48.6 Å². The lowest BCUT2D eigenvalue weighted by Crippen LogP contribution is -2.44. The highest BCUT2D eigenvalue weighted by Gasteiger charge is 2.22. The fourth-order valence-electron chi connectivity index (χ4n) is 2.91. The van der Waals surface area contributed by atoms with Gasteiger partial charge < -0.3 is 14.6 Å². The molecule has 0 aromatic carbocycles. The molecule has 1 unspecified atom stereocenters. The molecular formula is C17H31N3O. The summed E-state index contributed by atoms with van der Waals surface area (Å²) in [6.07, 6.45) is 4.42. The molecule has 21 heavy (non-hydrogen) atoms. The predicted molar refractivity (Wildman–Crippen MR) is 87.3 cm³/mol. The Morgan fingerprint density at radius 1 is 1.43 bits per heavy atom. The van der Waals surface area contributed by atoms with Crippen molar-refractivity contribution in [3.8, 4) is 0 Å². The van der Waals surface area contributed by atoms with E-state index < -0.39 is 0 Å². The first-order valence-corrected chi connectivity index (χ1v) is 8.04. The monoisotopic (exact) mass is 293 g/mol. The molecule has 120 valence electrons. The maximum atomic E-state index is 5.67. The number of hydrogen-bond donors (Lipinski definition) is 1. The molecule has 1 N–H and O–H groups in total. The average Bonchev–Trinajstić information content (AvgIpc) is 2.83. The SMILES string of the molecule is CN1CCCC(N(C)Cc2ccoc2CNC(C)(C)C)C1.